The number of aliphatic hydroxyl groups excluding tert-OH is 1. The molecule has 0 saturated heterocycles. The number of likely N-dealkylation sites (N-methyl/N-ethyl adjacent to an activating group) is 1. The molecule has 3 N–H and O–H groups in total. The van der Waals surface area contributed by atoms with E-state index in [0.717, 1.165) is 77.0 Å². The first-order valence-corrected chi connectivity index (χ1v) is 27.3. The first-order chi connectivity index (χ1) is 31.5. The molecule has 0 aromatic rings. The van der Waals surface area contributed by atoms with Gasteiger partial charge in [-0.1, -0.05) is 194 Å². The Bertz CT molecular complexity index is 1420. The van der Waals surface area contributed by atoms with Crippen LogP contribution < -0.4 is 5.32 Å². The highest BCUT2D eigenvalue weighted by Crippen LogP contribution is 2.43. The Labute approximate surface area is 400 Å². The van der Waals surface area contributed by atoms with Crippen LogP contribution in [0.3, 0.4) is 0 Å². The normalized spacial score (nSPS) is 15.0. The summed E-state index contributed by atoms with van der Waals surface area (Å²) in [7, 11) is 1.50. The lowest BCUT2D eigenvalue weighted by molar-refractivity contribution is -0.870. The maximum absolute atomic E-state index is 12.9. The molecule has 0 bridgehead atoms. The van der Waals surface area contributed by atoms with E-state index in [0.29, 0.717) is 17.4 Å². The van der Waals surface area contributed by atoms with Gasteiger partial charge in [-0.15, -0.1) is 0 Å². The molecule has 8 nitrogen and oxygen atoms in total. The molecule has 3 unspecified atom stereocenters. The Kier molecular flexibility index (Phi) is 44.3. The maximum Gasteiger partial charge on any atom is 0.472 e. The molecule has 65 heavy (non-hydrogen) atoms. The molecule has 0 aliphatic rings. The maximum atomic E-state index is 12.9. The fraction of sp³-hybridized carbons (Fsp3) is 0.661. The van der Waals surface area contributed by atoms with Gasteiger partial charge in [0.15, 0.2) is 0 Å². The smallest absolute Gasteiger partial charge is 0.387 e. The topological polar surface area (TPSA) is 105 Å². The molecular weight excluding hydrogens is 828 g/mol. The molecule has 0 heterocycles. The van der Waals surface area contributed by atoms with Gasteiger partial charge in [-0.05, 0) is 96.3 Å². The van der Waals surface area contributed by atoms with E-state index < -0.39 is 20.0 Å². The van der Waals surface area contributed by atoms with Crippen molar-refractivity contribution in [1.29, 1.82) is 0 Å². The van der Waals surface area contributed by atoms with Crippen LogP contribution in [0, 0.1) is 0 Å². The molecule has 0 aliphatic heterocycles. The van der Waals surface area contributed by atoms with Gasteiger partial charge in [-0.2, -0.15) is 0 Å². The van der Waals surface area contributed by atoms with Crippen molar-refractivity contribution in [3.05, 3.63) is 109 Å². The number of rotatable bonds is 45. The van der Waals surface area contributed by atoms with Crippen molar-refractivity contribution < 1.29 is 32.9 Å². The van der Waals surface area contributed by atoms with Crippen LogP contribution in [0.1, 0.15) is 187 Å². The number of nitrogens with one attached hydrogen (secondary N) is 1. The van der Waals surface area contributed by atoms with Gasteiger partial charge in [0.2, 0.25) is 5.91 Å². The number of carbonyl (C=O) groups excluding carboxylic acids is 1. The first-order valence-electron chi connectivity index (χ1n) is 25.8. The van der Waals surface area contributed by atoms with Crippen LogP contribution in [0.25, 0.3) is 0 Å². The average molecular weight is 926 g/mol. The quantitative estimate of drug-likeness (QED) is 0.0243. The van der Waals surface area contributed by atoms with Gasteiger partial charge in [0.1, 0.15) is 13.2 Å². The summed E-state index contributed by atoms with van der Waals surface area (Å²) in [5.41, 5.74) is 0. The zero-order valence-corrected chi connectivity index (χ0v) is 43.1. The molecule has 0 spiro atoms. The zero-order chi connectivity index (χ0) is 47.8. The largest absolute Gasteiger partial charge is 0.472 e. The molecule has 3 atom stereocenters. The van der Waals surface area contributed by atoms with Crippen LogP contribution in [0.15, 0.2) is 109 Å². The van der Waals surface area contributed by atoms with Gasteiger partial charge in [0, 0.05) is 6.42 Å². The van der Waals surface area contributed by atoms with E-state index >= 15 is 0 Å². The number of aliphatic hydroxyl groups is 1. The predicted molar refractivity (Wildman–Crippen MR) is 281 cm³/mol. The van der Waals surface area contributed by atoms with Crippen molar-refractivity contribution in [2.45, 2.75) is 199 Å². The van der Waals surface area contributed by atoms with Gasteiger partial charge in [0.05, 0.1) is 39.9 Å². The molecular formula is C56H98N2O6P+. The third-order valence-corrected chi connectivity index (χ3v) is 11.7. The van der Waals surface area contributed by atoms with Crippen LogP contribution in [0.5, 0.6) is 0 Å². The van der Waals surface area contributed by atoms with Crippen LogP contribution in [-0.2, 0) is 18.4 Å². The lowest BCUT2D eigenvalue weighted by Gasteiger charge is -2.25. The minimum absolute atomic E-state index is 0.0385. The number of hydrogen-bond acceptors (Lipinski definition) is 5. The summed E-state index contributed by atoms with van der Waals surface area (Å²) in [5, 5.41) is 13.8. The average Bonchev–Trinajstić information content (AvgIpc) is 3.26. The van der Waals surface area contributed by atoms with E-state index in [1.54, 1.807) is 6.08 Å². The van der Waals surface area contributed by atoms with Crippen LogP contribution >= 0.6 is 7.82 Å². The Morgan fingerprint density at radius 3 is 1.42 bits per heavy atom. The van der Waals surface area contributed by atoms with E-state index in [-0.39, 0.29) is 25.5 Å². The lowest BCUT2D eigenvalue weighted by Crippen LogP contribution is -2.45. The Balaban J connectivity index is 4.51. The third-order valence-electron chi connectivity index (χ3n) is 10.7. The fourth-order valence-electron chi connectivity index (χ4n) is 6.66. The summed E-state index contributed by atoms with van der Waals surface area (Å²) in [6.07, 6.45) is 67.5. The summed E-state index contributed by atoms with van der Waals surface area (Å²) in [6, 6.07) is -0.901. The Morgan fingerprint density at radius 1 is 0.538 bits per heavy atom. The van der Waals surface area contributed by atoms with Gasteiger partial charge in [-0.3, -0.25) is 13.8 Å². The lowest BCUT2D eigenvalue weighted by atomic mass is 10.0. The molecule has 1 amide bonds. The highest BCUT2D eigenvalue weighted by Gasteiger charge is 2.27. The number of unbranched alkanes of at least 4 members (excludes halogenated alkanes) is 16. The number of amides is 1. The standard InChI is InChI=1S/C56H97N2O6P/c1-6-8-10-12-14-16-18-20-22-24-26-28-30-31-33-35-37-39-41-43-45-47-49-55(59)54(53-64-65(61,62)63-52-51-58(3,4)5)57-56(60)50-48-46-44-42-40-38-36-34-32-29-27-25-23-21-19-17-15-13-11-9-7-2/h9,11,15,17,21,23,27,29,31,33-34,36,39-42,47,49,54-55,59H,6-8,10,12-14,16,18-20,22,24-26,28,30,32,35,37-38,43-46,48,50-53H2,1-5H3,(H-,57,60,61,62)/p+1/b11-9-,17-15-,23-21-,29-27-,33-31+,36-34-,41-39+,42-40-,49-47+. The summed E-state index contributed by atoms with van der Waals surface area (Å²) in [4.78, 5) is 23.2. The molecule has 0 radical (unpaired) electrons. The number of phosphoric acid groups is 1. The summed E-state index contributed by atoms with van der Waals surface area (Å²) in [6.45, 7) is 4.62. The number of carbonyl (C=O) groups is 1. The number of nitrogens with zero attached hydrogens (tertiary/aromatic N) is 1. The van der Waals surface area contributed by atoms with Crippen molar-refractivity contribution in [3.63, 3.8) is 0 Å². The van der Waals surface area contributed by atoms with Crippen molar-refractivity contribution in [2.24, 2.45) is 0 Å². The monoisotopic (exact) mass is 926 g/mol. The van der Waals surface area contributed by atoms with Crippen LogP contribution in [0.4, 0.5) is 0 Å². The van der Waals surface area contributed by atoms with Crippen LogP contribution in [0.2, 0.25) is 0 Å². The number of allylic oxidation sites excluding steroid dienone is 17. The van der Waals surface area contributed by atoms with Crippen LogP contribution in [-0.4, -0.2) is 73.4 Å². The summed E-state index contributed by atoms with van der Waals surface area (Å²) >= 11 is 0. The Morgan fingerprint density at radius 2 is 0.938 bits per heavy atom. The van der Waals surface area contributed by atoms with Crippen molar-refractivity contribution in [1.82, 2.24) is 5.32 Å². The van der Waals surface area contributed by atoms with E-state index in [2.05, 4.69) is 116 Å². The molecule has 0 fully saturated rings. The van der Waals surface area contributed by atoms with Crippen molar-refractivity contribution in [3.8, 4) is 0 Å². The van der Waals surface area contributed by atoms with E-state index in [9.17, 15) is 19.4 Å². The molecule has 9 heteroatoms. The molecule has 372 valence electrons. The fourth-order valence-corrected chi connectivity index (χ4v) is 7.40. The molecule has 0 rings (SSSR count). The van der Waals surface area contributed by atoms with Crippen molar-refractivity contribution in [2.75, 3.05) is 40.9 Å². The SMILES string of the molecule is CC/C=C\C/C=C\C/C=C\C/C=C\C/C=C\C/C=C\CCCCC(=O)NC(COP(=O)(O)OCC[N+](C)(C)C)C(O)/C=C/CC/C=C/CC/C=C/CCCCCCCCCCCCCC. The predicted octanol–water partition coefficient (Wildman–Crippen LogP) is 15.3. The first kappa shape index (κ1) is 62.2. The molecule has 0 aliphatic carbocycles. The molecule has 0 aromatic carbocycles. The Hall–Kier alpha value is -2.84. The summed E-state index contributed by atoms with van der Waals surface area (Å²) in [5.74, 6) is -0.237. The number of phosphoric ester groups is 1. The highest BCUT2D eigenvalue weighted by molar-refractivity contribution is 7.47. The minimum Gasteiger partial charge on any atom is -0.387 e. The van der Waals surface area contributed by atoms with E-state index in [1.165, 1.54) is 83.5 Å². The van der Waals surface area contributed by atoms with Gasteiger partial charge in [0.25, 0.3) is 0 Å². The van der Waals surface area contributed by atoms with Gasteiger partial charge in [-0.25, -0.2) is 4.57 Å². The number of quaternary nitrogens is 1. The zero-order valence-electron chi connectivity index (χ0n) is 42.2. The van der Waals surface area contributed by atoms with Gasteiger partial charge < -0.3 is 19.8 Å². The summed E-state index contributed by atoms with van der Waals surface area (Å²) < 4.78 is 23.6. The second kappa shape index (κ2) is 46.3. The molecule has 0 saturated carbocycles. The minimum atomic E-state index is -4.38. The third kappa shape index (κ3) is 48.9. The number of hydrogen-bond donors (Lipinski definition) is 3. The second-order valence-corrected chi connectivity index (χ2v) is 19.6. The highest BCUT2D eigenvalue weighted by atomic mass is 31.2. The van der Waals surface area contributed by atoms with E-state index in [1.807, 2.05) is 27.2 Å². The van der Waals surface area contributed by atoms with E-state index in [4.69, 9.17) is 9.05 Å². The second-order valence-electron chi connectivity index (χ2n) is 18.1. The molecule has 0 aromatic heterocycles. The van der Waals surface area contributed by atoms with Crippen molar-refractivity contribution >= 4 is 13.7 Å². The van der Waals surface area contributed by atoms with Gasteiger partial charge >= 0.3 is 7.82 Å².